The van der Waals surface area contributed by atoms with Crippen LogP contribution in [0.2, 0.25) is 0 Å². The highest BCUT2D eigenvalue weighted by Crippen LogP contribution is 2.11. The van der Waals surface area contributed by atoms with Gasteiger partial charge >= 0.3 is 0 Å². The number of hydrazine groups is 1. The van der Waals surface area contributed by atoms with Crippen molar-refractivity contribution in [2.45, 2.75) is 32.6 Å². The van der Waals surface area contributed by atoms with Crippen LogP contribution in [0.4, 0.5) is 5.69 Å². The molecule has 1 rings (SSSR count). The summed E-state index contributed by atoms with van der Waals surface area (Å²) in [7, 11) is 0. The van der Waals surface area contributed by atoms with Crippen LogP contribution in [0, 0.1) is 0 Å². The van der Waals surface area contributed by atoms with Gasteiger partial charge in [-0.1, -0.05) is 44.4 Å². The lowest BCUT2D eigenvalue weighted by atomic mass is 10.2. The zero-order valence-electron chi connectivity index (χ0n) is 9.32. The second-order valence-corrected chi connectivity index (χ2v) is 3.65. The van der Waals surface area contributed by atoms with Gasteiger partial charge in [0.25, 0.3) is 0 Å². The van der Waals surface area contributed by atoms with Crippen molar-refractivity contribution in [3.63, 3.8) is 0 Å². The first kappa shape index (κ1) is 12.0. The van der Waals surface area contributed by atoms with Gasteiger partial charge in [0.1, 0.15) is 0 Å². The Labute approximate surface area is 91.6 Å². The minimum absolute atomic E-state index is 0.834. The maximum atomic E-state index is 9.01. The van der Waals surface area contributed by atoms with E-state index in [2.05, 4.69) is 12.5 Å². The van der Waals surface area contributed by atoms with Gasteiger partial charge in [-0.15, -0.1) is 5.59 Å². The Balaban J connectivity index is 2.36. The molecule has 0 aliphatic rings. The molecular formula is C12H20N2O. The monoisotopic (exact) mass is 208 g/mol. The van der Waals surface area contributed by atoms with Gasteiger partial charge in [0.05, 0.1) is 5.69 Å². The average Bonchev–Trinajstić information content (AvgIpc) is 2.30. The van der Waals surface area contributed by atoms with E-state index in [1.807, 2.05) is 30.3 Å². The summed E-state index contributed by atoms with van der Waals surface area (Å²) in [5.74, 6) is 0. The van der Waals surface area contributed by atoms with Crippen LogP contribution in [0.1, 0.15) is 32.6 Å². The Hall–Kier alpha value is -1.06. The number of benzene rings is 1. The van der Waals surface area contributed by atoms with Crippen molar-refractivity contribution < 1.29 is 5.21 Å². The number of anilines is 1. The molecule has 15 heavy (non-hydrogen) atoms. The van der Waals surface area contributed by atoms with Gasteiger partial charge in [0.15, 0.2) is 0 Å². The topological polar surface area (TPSA) is 35.5 Å². The van der Waals surface area contributed by atoms with Crippen LogP contribution in [0.3, 0.4) is 0 Å². The normalized spacial score (nSPS) is 10.3. The summed E-state index contributed by atoms with van der Waals surface area (Å²) in [6.45, 7) is 3.03. The third-order valence-corrected chi connectivity index (χ3v) is 2.42. The number of unbranched alkanes of at least 4 members (excludes halogenated alkanes) is 3. The molecule has 0 heterocycles. The van der Waals surface area contributed by atoms with Crippen LogP contribution in [0.25, 0.3) is 0 Å². The quantitative estimate of drug-likeness (QED) is 0.534. The fraction of sp³-hybridized carbons (Fsp3) is 0.500. The smallest absolute Gasteiger partial charge is 0.0541 e. The van der Waals surface area contributed by atoms with Crippen molar-refractivity contribution >= 4 is 5.69 Å². The van der Waals surface area contributed by atoms with Crippen molar-refractivity contribution in [2.75, 3.05) is 11.6 Å². The lowest BCUT2D eigenvalue weighted by molar-refractivity contribution is 0.153. The molecule has 0 saturated carbocycles. The van der Waals surface area contributed by atoms with E-state index in [1.165, 1.54) is 19.3 Å². The Kier molecular flexibility index (Phi) is 5.81. The zero-order valence-corrected chi connectivity index (χ0v) is 9.32. The molecule has 0 aliphatic carbocycles. The molecule has 1 aromatic carbocycles. The largest absolute Gasteiger partial charge is 0.297 e. The molecule has 0 aliphatic heterocycles. The second-order valence-electron chi connectivity index (χ2n) is 3.65. The molecule has 84 valence electrons. The van der Waals surface area contributed by atoms with Gasteiger partial charge in [-0.2, -0.15) is 0 Å². The minimum atomic E-state index is 0.834. The highest BCUT2D eigenvalue weighted by Gasteiger charge is 2.02. The first-order valence-corrected chi connectivity index (χ1v) is 5.60. The predicted molar refractivity (Wildman–Crippen MR) is 62.9 cm³/mol. The molecule has 0 bridgehead atoms. The van der Waals surface area contributed by atoms with E-state index in [0.717, 1.165) is 18.7 Å². The summed E-state index contributed by atoms with van der Waals surface area (Å²) in [4.78, 5) is 0. The molecule has 0 aromatic heterocycles. The maximum Gasteiger partial charge on any atom is 0.0541 e. The van der Waals surface area contributed by atoms with E-state index in [4.69, 9.17) is 5.21 Å². The molecule has 0 amide bonds. The number of nitrogens with one attached hydrogen (secondary N) is 1. The number of hydrogen-bond acceptors (Lipinski definition) is 3. The number of para-hydroxylation sites is 1. The van der Waals surface area contributed by atoms with E-state index >= 15 is 0 Å². The molecule has 0 unspecified atom stereocenters. The SMILES string of the molecule is CCCCCCN(NO)c1ccccc1. The Morgan fingerprint density at radius 2 is 1.87 bits per heavy atom. The third kappa shape index (κ3) is 4.32. The first-order chi connectivity index (χ1) is 7.38. The fourth-order valence-electron chi connectivity index (χ4n) is 1.54. The van der Waals surface area contributed by atoms with Gasteiger partial charge < -0.3 is 0 Å². The predicted octanol–water partition coefficient (Wildman–Crippen LogP) is 2.97. The van der Waals surface area contributed by atoms with Gasteiger partial charge in [0.2, 0.25) is 0 Å². The molecule has 1 aromatic rings. The molecule has 2 N–H and O–H groups in total. The summed E-state index contributed by atoms with van der Waals surface area (Å²) in [6, 6.07) is 9.85. The molecule has 3 nitrogen and oxygen atoms in total. The Morgan fingerprint density at radius 3 is 2.47 bits per heavy atom. The summed E-state index contributed by atoms with van der Waals surface area (Å²) in [5, 5.41) is 10.8. The first-order valence-electron chi connectivity index (χ1n) is 5.60. The number of nitrogens with zero attached hydrogens (tertiary/aromatic N) is 1. The van der Waals surface area contributed by atoms with Crippen molar-refractivity contribution in [3.05, 3.63) is 30.3 Å². The molecule has 0 spiro atoms. The average molecular weight is 208 g/mol. The zero-order chi connectivity index (χ0) is 10.9. The van der Waals surface area contributed by atoms with Crippen LogP contribution in [0.5, 0.6) is 0 Å². The molecular weight excluding hydrogens is 188 g/mol. The van der Waals surface area contributed by atoms with Crippen LogP contribution in [0.15, 0.2) is 30.3 Å². The van der Waals surface area contributed by atoms with Crippen LogP contribution < -0.4 is 10.6 Å². The highest BCUT2D eigenvalue weighted by molar-refractivity contribution is 5.44. The van der Waals surface area contributed by atoms with Crippen LogP contribution in [-0.2, 0) is 0 Å². The molecule has 0 radical (unpaired) electrons. The van der Waals surface area contributed by atoms with Gasteiger partial charge in [-0.25, -0.2) is 0 Å². The lowest BCUT2D eigenvalue weighted by Crippen LogP contribution is -2.36. The lowest BCUT2D eigenvalue weighted by Gasteiger charge is -2.21. The van der Waals surface area contributed by atoms with E-state index in [-0.39, 0.29) is 0 Å². The fourth-order valence-corrected chi connectivity index (χ4v) is 1.54. The summed E-state index contributed by atoms with van der Waals surface area (Å²) >= 11 is 0. The molecule has 3 heteroatoms. The van der Waals surface area contributed by atoms with Crippen molar-refractivity contribution in [1.29, 1.82) is 0 Å². The second kappa shape index (κ2) is 7.26. The van der Waals surface area contributed by atoms with Crippen LogP contribution in [-0.4, -0.2) is 11.8 Å². The Bertz CT molecular complexity index is 251. The van der Waals surface area contributed by atoms with Crippen molar-refractivity contribution in [2.24, 2.45) is 0 Å². The maximum absolute atomic E-state index is 9.01. The van der Waals surface area contributed by atoms with E-state index in [9.17, 15) is 0 Å². The Morgan fingerprint density at radius 1 is 1.13 bits per heavy atom. The van der Waals surface area contributed by atoms with Gasteiger partial charge in [0, 0.05) is 6.54 Å². The molecule has 0 saturated heterocycles. The summed E-state index contributed by atoms with van der Waals surface area (Å²) in [5.41, 5.74) is 3.23. The summed E-state index contributed by atoms with van der Waals surface area (Å²) < 4.78 is 0. The highest BCUT2D eigenvalue weighted by atomic mass is 16.5. The van der Waals surface area contributed by atoms with Gasteiger partial charge in [-0.3, -0.25) is 10.2 Å². The number of rotatable bonds is 7. The van der Waals surface area contributed by atoms with E-state index < -0.39 is 0 Å². The van der Waals surface area contributed by atoms with Crippen molar-refractivity contribution in [1.82, 2.24) is 5.59 Å². The van der Waals surface area contributed by atoms with Gasteiger partial charge in [-0.05, 0) is 18.6 Å². The van der Waals surface area contributed by atoms with E-state index in [1.54, 1.807) is 5.01 Å². The van der Waals surface area contributed by atoms with Crippen molar-refractivity contribution in [3.8, 4) is 0 Å². The minimum Gasteiger partial charge on any atom is -0.297 e. The molecule has 0 fully saturated rings. The third-order valence-electron chi connectivity index (χ3n) is 2.42. The van der Waals surface area contributed by atoms with E-state index in [0.29, 0.717) is 0 Å². The molecule has 0 atom stereocenters. The van der Waals surface area contributed by atoms with Crippen LogP contribution >= 0.6 is 0 Å². The summed E-state index contributed by atoms with van der Waals surface area (Å²) in [6.07, 6.45) is 4.80. The standard InChI is InChI=1S/C12H20N2O/c1-2-3-4-8-11-14(13-15)12-9-6-5-7-10-12/h5-7,9-10,13,15H,2-4,8,11H2,1H3. The number of hydrogen-bond donors (Lipinski definition) is 2.